The fourth-order valence-corrected chi connectivity index (χ4v) is 2.85. The zero-order chi connectivity index (χ0) is 13.2. The number of aryl methyl sites for hydroxylation is 1. The molecular formula is C14H27N3S. The molecule has 0 amide bonds. The number of hydrogen-bond donors (Lipinski definition) is 1. The smallest absolute Gasteiger partial charge is 0.0537 e. The molecule has 0 aliphatic rings. The zero-order valence-electron chi connectivity index (χ0n) is 12.0. The minimum atomic E-state index is 0.451. The van der Waals surface area contributed by atoms with Crippen LogP contribution in [-0.4, -0.2) is 27.8 Å². The Morgan fingerprint density at radius 1 is 1.28 bits per heavy atom. The fraction of sp³-hybridized carbons (Fsp3) is 0.786. The van der Waals surface area contributed by atoms with Crippen molar-refractivity contribution in [3.8, 4) is 0 Å². The van der Waals surface area contributed by atoms with E-state index in [2.05, 4.69) is 42.1 Å². The fourth-order valence-electron chi connectivity index (χ4n) is 1.85. The first kappa shape index (κ1) is 15.6. The van der Waals surface area contributed by atoms with Crippen LogP contribution in [0.4, 0.5) is 0 Å². The van der Waals surface area contributed by atoms with E-state index >= 15 is 0 Å². The van der Waals surface area contributed by atoms with Crippen LogP contribution in [0, 0.1) is 0 Å². The van der Waals surface area contributed by atoms with E-state index in [1.807, 2.05) is 18.0 Å². The van der Waals surface area contributed by atoms with Crippen molar-refractivity contribution in [2.24, 2.45) is 0 Å². The van der Waals surface area contributed by atoms with Crippen LogP contribution in [0.2, 0.25) is 0 Å². The largest absolute Gasteiger partial charge is 0.309 e. The van der Waals surface area contributed by atoms with Crippen LogP contribution in [0.3, 0.4) is 0 Å². The van der Waals surface area contributed by atoms with Crippen molar-refractivity contribution < 1.29 is 0 Å². The molecule has 0 aromatic carbocycles. The predicted molar refractivity (Wildman–Crippen MR) is 81.2 cm³/mol. The van der Waals surface area contributed by atoms with E-state index in [9.17, 15) is 0 Å². The zero-order valence-corrected chi connectivity index (χ0v) is 12.8. The van der Waals surface area contributed by atoms with Crippen molar-refractivity contribution in [1.29, 1.82) is 0 Å². The van der Waals surface area contributed by atoms with Crippen LogP contribution in [-0.2, 0) is 6.54 Å². The summed E-state index contributed by atoms with van der Waals surface area (Å²) in [7, 11) is 0. The average molecular weight is 269 g/mol. The molecule has 0 spiro atoms. The van der Waals surface area contributed by atoms with Crippen LogP contribution >= 0.6 is 11.8 Å². The summed E-state index contributed by atoms with van der Waals surface area (Å²) < 4.78 is 2.06. The van der Waals surface area contributed by atoms with E-state index in [1.165, 1.54) is 24.2 Å². The summed E-state index contributed by atoms with van der Waals surface area (Å²) in [4.78, 5) is 0. The molecular weight excluding hydrogens is 242 g/mol. The molecule has 0 fully saturated rings. The molecule has 1 aromatic rings. The highest BCUT2D eigenvalue weighted by Crippen LogP contribution is 2.18. The van der Waals surface area contributed by atoms with Gasteiger partial charge in [0.25, 0.3) is 0 Å². The molecule has 1 heterocycles. The SMILES string of the molecule is CCCNC(CSCCC)c1cnn(CCC)c1. The summed E-state index contributed by atoms with van der Waals surface area (Å²) in [5.41, 5.74) is 1.33. The molecule has 104 valence electrons. The van der Waals surface area contributed by atoms with Gasteiger partial charge in [-0.3, -0.25) is 4.68 Å². The molecule has 0 radical (unpaired) electrons. The third-order valence-electron chi connectivity index (χ3n) is 2.78. The summed E-state index contributed by atoms with van der Waals surface area (Å²) in [6, 6.07) is 0.451. The van der Waals surface area contributed by atoms with Gasteiger partial charge in [0, 0.05) is 30.1 Å². The summed E-state index contributed by atoms with van der Waals surface area (Å²) in [6.45, 7) is 8.73. The maximum absolute atomic E-state index is 4.43. The normalized spacial score (nSPS) is 12.8. The topological polar surface area (TPSA) is 29.9 Å². The van der Waals surface area contributed by atoms with Gasteiger partial charge >= 0.3 is 0 Å². The van der Waals surface area contributed by atoms with Crippen LogP contribution < -0.4 is 5.32 Å². The van der Waals surface area contributed by atoms with Crippen LogP contribution in [0.25, 0.3) is 0 Å². The number of hydrogen-bond acceptors (Lipinski definition) is 3. The standard InChI is InChI=1S/C14H27N3S/c1-4-7-15-14(12-18-9-6-3)13-10-16-17(11-13)8-5-2/h10-11,14-15H,4-9,12H2,1-3H3. The highest BCUT2D eigenvalue weighted by Gasteiger charge is 2.12. The molecule has 1 aromatic heterocycles. The molecule has 1 unspecified atom stereocenters. The quantitative estimate of drug-likeness (QED) is 0.660. The summed E-state index contributed by atoms with van der Waals surface area (Å²) in [6.07, 6.45) is 7.79. The van der Waals surface area contributed by atoms with Crippen molar-refractivity contribution in [2.75, 3.05) is 18.1 Å². The Bertz CT molecular complexity index is 312. The van der Waals surface area contributed by atoms with Crippen LogP contribution in [0.1, 0.15) is 51.6 Å². The molecule has 0 saturated heterocycles. The third-order valence-corrected chi connectivity index (χ3v) is 4.05. The summed E-state index contributed by atoms with van der Waals surface area (Å²) in [5, 5.41) is 8.06. The van der Waals surface area contributed by atoms with Gasteiger partial charge in [-0.1, -0.05) is 20.8 Å². The molecule has 1 rings (SSSR count). The molecule has 4 heteroatoms. The molecule has 18 heavy (non-hydrogen) atoms. The highest BCUT2D eigenvalue weighted by atomic mass is 32.2. The van der Waals surface area contributed by atoms with E-state index in [0.717, 1.165) is 25.3 Å². The van der Waals surface area contributed by atoms with Gasteiger partial charge in [-0.2, -0.15) is 16.9 Å². The van der Waals surface area contributed by atoms with Gasteiger partial charge in [0.1, 0.15) is 0 Å². The molecule has 0 saturated carbocycles. The first-order chi connectivity index (χ1) is 8.81. The Kier molecular flexibility index (Phi) is 8.18. The number of aromatic nitrogens is 2. The number of nitrogens with one attached hydrogen (secondary N) is 1. The first-order valence-electron chi connectivity index (χ1n) is 7.15. The number of thioether (sulfide) groups is 1. The lowest BCUT2D eigenvalue weighted by atomic mass is 10.2. The van der Waals surface area contributed by atoms with Gasteiger partial charge in [-0.25, -0.2) is 0 Å². The monoisotopic (exact) mass is 269 g/mol. The van der Waals surface area contributed by atoms with E-state index in [0.29, 0.717) is 6.04 Å². The van der Waals surface area contributed by atoms with Crippen molar-refractivity contribution in [1.82, 2.24) is 15.1 Å². The lowest BCUT2D eigenvalue weighted by Crippen LogP contribution is -2.24. The van der Waals surface area contributed by atoms with Crippen molar-refractivity contribution in [3.63, 3.8) is 0 Å². The molecule has 0 aliphatic heterocycles. The lowest BCUT2D eigenvalue weighted by Gasteiger charge is -2.16. The van der Waals surface area contributed by atoms with Crippen LogP contribution in [0.15, 0.2) is 12.4 Å². The Morgan fingerprint density at radius 3 is 2.78 bits per heavy atom. The number of rotatable bonds is 10. The second-order valence-electron chi connectivity index (χ2n) is 4.62. The van der Waals surface area contributed by atoms with Gasteiger partial charge in [0.05, 0.1) is 6.20 Å². The molecule has 0 aliphatic carbocycles. The Balaban J connectivity index is 2.55. The lowest BCUT2D eigenvalue weighted by molar-refractivity contribution is 0.572. The van der Waals surface area contributed by atoms with Gasteiger partial charge in [-0.05, 0) is 31.6 Å². The van der Waals surface area contributed by atoms with Gasteiger partial charge < -0.3 is 5.32 Å². The Labute approximate surface area is 116 Å². The minimum absolute atomic E-state index is 0.451. The molecule has 1 N–H and O–H groups in total. The minimum Gasteiger partial charge on any atom is -0.309 e. The number of nitrogens with zero attached hydrogens (tertiary/aromatic N) is 2. The molecule has 0 bridgehead atoms. The average Bonchev–Trinajstić information content (AvgIpc) is 2.82. The van der Waals surface area contributed by atoms with E-state index in [-0.39, 0.29) is 0 Å². The summed E-state index contributed by atoms with van der Waals surface area (Å²) >= 11 is 2.03. The summed E-state index contributed by atoms with van der Waals surface area (Å²) in [5.74, 6) is 2.39. The van der Waals surface area contributed by atoms with E-state index in [1.54, 1.807) is 0 Å². The van der Waals surface area contributed by atoms with Crippen molar-refractivity contribution >= 4 is 11.8 Å². The predicted octanol–water partition coefficient (Wildman–Crippen LogP) is 3.48. The third kappa shape index (κ3) is 5.44. The second-order valence-corrected chi connectivity index (χ2v) is 5.77. The highest BCUT2D eigenvalue weighted by molar-refractivity contribution is 7.99. The van der Waals surface area contributed by atoms with Gasteiger partial charge in [-0.15, -0.1) is 0 Å². The van der Waals surface area contributed by atoms with Crippen molar-refractivity contribution in [2.45, 2.75) is 52.6 Å². The van der Waals surface area contributed by atoms with Crippen molar-refractivity contribution in [3.05, 3.63) is 18.0 Å². The Morgan fingerprint density at radius 2 is 2.11 bits per heavy atom. The first-order valence-corrected chi connectivity index (χ1v) is 8.30. The van der Waals surface area contributed by atoms with Gasteiger partial charge in [0.2, 0.25) is 0 Å². The van der Waals surface area contributed by atoms with E-state index < -0.39 is 0 Å². The van der Waals surface area contributed by atoms with Gasteiger partial charge in [0.15, 0.2) is 0 Å². The second kappa shape index (κ2) is 9.45. The van der Waals surface area contributed by atoms with Crippen LogP contribution in [0.5, 0.6) is 0 Å². The maximum atomic E-state index is 4.43. The Hall–Kier alpha value is -0.480. The van der Waals surface area contributed by atoms with E-state index in [4.69, 9.17) is 0 Å². The molecule has 1 atom stereocenters. The molecule has 3 nitrogen and oxygen atoms in total. The maximum Gasteiger partial charge on any atom is 0.0537 e.